The van der Waals surface area contributed by atoms with E-state index in [0.29, 0.717) is 48.5 Å². The third kappa shape index (κ3) is 14.4. The average molecular weight is 1360 g/mol. The van der Waals surface area contributed by atoms with E-state index >= 15 is 0 Å². The fourth-order valence-electron chi connectivity index (χ4n) is 7.56. The lowest BCUT2D eigenvalue weighted by atomic mass is 10.1. The van der Waals surface area contributed by atoms with Gasteiger partial charge in [-0.05, 0) is 118 Å². The number of halogens is 2. The van der Waals surface area contributed by atoms with Gasteiger partial charge >= 0.3 is 0 Å². The smallest absolute Gasteiger partial charge is 0.296 e. The van der Waals surface area contributed by atoms with Gasteiger partial charge in [-0.3, -0.25) is 36.4 Å². The van der Waals surface area contributed by atoms with Crippen LogP contribution in [-0.4, -0.2) is 134 Å². The van der Waals surface area contributed by atoms with E-state index in [2.05, 4.69) is 51.2 Å². The first kappa shape index (κ1) is 62.7. The summed E-state index contributed by atoms with van der Waals surface area (Å²) >= 11 is 12.2. The van der Waals surface area contributed by atoms with E-state index in [0.717, 1.165) is 48.6 Å². The lowest BCUT2D eigenvalue weighted by Gasteiger charge is -2.14. The highest BCUT2D eigenvalue weighted by atomic mass is 35.5. The topological polar surface area (TPSA) is 560 Å². The number of benzene rings is 6. The van der Waals surface area contributed by atoms with Crippen LogP contribution >= 0.6 is 23.2 Å². The van der Waals surface area contributed by atoms with Gasteiger partial charge in [0.25, 0.3) is 80.9 Å². The van der Waals surface area contributed by atoms with E-state index in [1.54, 1.807) is 0 Å². The minimum Gasteiger partial charge on any atom is -0.324 e. The predicted molar refractivity (Wildman–Crippen MR) is 291 cm³/mol. The van der Waals surface area contributed by atoms with Crippen molar-refractivity contribution in [1.29, 1.82) is 0 Å². The number of rotatable bonds is 18. The Morgan fingerprint density at radius 1 is 0.321 bits per heavy atom. The molecule has 2 heterocycles. The molecule has 0 aliphatic carbocycles. The Labute approximate surface area is 481 Å². The van der Waals surface area contributed by atoms with E-state index in [1.165, 1.54) is 0 Å². The molecule has 0 aliphatic rings. The van der Waals surface area contributed by atoms with E-state index in [4.69, 9.17) is 23.2 Å². The molecule has 0 amide bonds. The van der Waals surface area contributed by atoms with Crippen molar-refractivity contribution >= 4 is 184 Å². The van der Waals surface area contributed by atoms with Gasteiger partial charge in [0.2, 0.25) is 34.4 Å². The van der Waals surface area contributed by atoms with Crippen molar-refractivity contribution in [1.82, 2.24) is 29.9 Å². The van der Waals surface area contributed by atoms with Crippen LogP contribution in [0.3, 0.4) is 0 Å². The maximum absolute atomic E-state index is 12.7. The van der Waals surface area contributed by atoms with Gasteiger partial charge in [-0.2, -0.15) is 97.2 Å². The molecule has 8 rings (SSSR count). The molecule has 44 heteroatoms. The van der Waals surface area contributed by atoms with Crippen LogP contribution in [0, 0.1) is 0 Å². The first-order chi connectivity index (χ1) is 38.4. The summed E-state index contributed by atoms with van der Waals surface area (Å²) in [6.45, 7) is 0. The third-order valence-corrected chi connectivity index (χ3v) is 18.3. The highest BCUT2D eigenvalue weighted by molar-refractivity contribution is 7.88. The molecule has 0 saturated heterocycles. The van der Waals surface area contributed by atoms with Gasteiger partial charge in [0.1, 0.15) is 29.4 Å². The van der Waals surface area contributed by atoms with Crippen LogP contribution in [0.2, 0.25) is 10.6 Å². The van der Waals surface area contributed by atoms with E-state index in [-0.39, 0.29) is 22.5 Å². The maximum atomic E-state index is 12.7. The molecule has 8 aromatic rings. The molecule has 0 spiro atoms. The van der Waals surface area contributed by atoms with Crippen LogP contribution < -0.4 is 21.3 Å². The Bertz CT molecular complexity index is 4860. The number of anilines is 8. The number of fused-ring (bicyclic) bond motifs is 2. The SMILES string of the molecule is O=S(=O)(O)c1cc(S(=O)(=O)O)c2cc(Nc3nc(Cl)nc(Nc4ccc(C=Cc5ccc(Nc6nc(Cl)nc(Nc7cc8c(S(=O)(=O)O)cc(S(=O)(=O)O)cc8cc7S(=O)(=O)O)n6)cc5S(=O)(=O)O)c(S(=O)(=O)O)c4)n3)c(S(=O)(=O)O)cc2c1. The Balaban J connectivity index is 1.08. The fourth-order valence-corrected chi connectivity index (χ4v) is 13.3. The van der Waals surface area contributed by atoms with Crippen molar-refractivity contribution in [2.24, 2.45) is 0 Å². The zero-order valence-corrected chi connectivity index (χ0v) is 48.1. The Hall–Kier alpha value is -7.34. The monoisotopic (exact) mass is 1360 g/mol. The van der Waals surface area contributed by atoms with Gasteiger partial charge in [-0.1, -0.05) is 24.3 Å². The normalized spacial score (nSPS) is 13.1. The highest BCUT2D eigenvalue weighted by Gasteiger charge is 2.28. The zero-order chi connectivity index (χ0) is 62.2. The zero-order valence-electron chi connectivity index (χ0n) is 40.1. The van der Waals surface area contributed by atoms with Crippen LogP contribution in [0.15, 0.2) is 124 Å². The van der Waals surface area contributed by atoms with E-state index in [1.807, 2.05) is 0 Å². The Kier molecular flexibility index (Phi) is 16.4. The van der Waals surface area contributed by atoms with Crippen molar-refractivity contribution in [3.8, 4) is 0 Å². The number of nitrogens with zero attached hydrogens (tertiary/aromatic N) is 6. The summed E-state index contributed by atoms with van der Waals surface area (Å²) in [4.78, 5) is 14.7. The summed E-state index contributed by atoms with van der Waals surface area (Å²) in [6, 6.07) is 10.5. The summed E-state index contributed by atoms with van der Waals surface area (Å²) in [7, 11) is -42.0. The van der Waals surface area contributed by atoms with Gasteiger partial charge in [-0.15, -0.1) is 0 Å². The average Bonchev–Trinajstić information content (AvgIpc) is 1.12. The van der Waals surface area contributed by atoms with Crippen LogP contribution in [0.5, 0.6) is 0 Å². The molecule has 444 valence electrons. The molecule has 6 aromatic carbocycles. The first-order valence-electron chi connectivity index (χ1n) is 21.3. The van der Waals surface area contributed by atoms with Crippen LogP contribution in [-0.2, 0) is 80.9 Å². The van der Waals surface area contributed by atoms with Gasteiger partial charge in [-0.25, -0.2) is 0 Å². The Morgan fingerprint density at radius 3 is 0.905 bits per heavy atom. The second-order valence-corrected chi connectivity index (χ2v) is 28.5. The number of hydrogen-bond donors (Lipinski definition) is 12. The standard InChI is InChI=1S/C40H28Cl2N10O24S8/c41-35-47-37(51-39(49-35)45-27-15-25-19(9-33(27)83(71,72)73)7-23(77(53,54)55)13-31(25)81(65,66)67)43-21-5-3-17(29(11-21)79(59,60)61)1-2-18-4-6-22(12-30(18)80(62,63)64)44-38-48-36(42)50-40(52-38)46-28-16-26-20(10-34(28)84(74,75)76)8-24(78(56,57)58)14-32(26)82(68,69)70/h1-16H,(H,53,54,55)(H,56,57,58)(H,59,60,61)(H,62,63,64)(H,65,66,67)(H,68,69,70)(H,71,72,73)(H,74,75,76)(H2,43,45,47,49,51)(H2,44,46,48,50,52). The quantitative estimate of drug-likeness (QED) is 0.0406. The van der Waals surface area contributed by atoms with Crippen molar-refractivity contribution in [2.75, 3.05) is 21.3 Å². The Morgan fingerprint density at radius 2 is 0.619 bits per heavy atom. The molecule has 0 atom stereocenters. The second-order valence-electron chi connectivity index (χ2n) is 16.6. The fraction of sp³-hybridized carbons (Fsp3) is 0. The van der Waals surface area contributed by atoms with Gasteiger partial charge in [0.15, 0.2) is 0 Å². The minimum absolute atomic E-state index is 0.241. The molecule has 0 saturated carbocycles. The molecule has 2 aromatic heterocycles. The maximum Gasteiger partial charge on any atom is 0.296 e. The third-order valence-electron chi connectivity index (χ3n) is 10.9. The van der Waals surface area contributed by atoms with Crippen molar-refractivity contribution in [3.05, 3.63) is 107 Å². The van der Waals surface area contributed by atoms with E-state index < -0.39 is 187 Å². The lowest BCUT2D eigenvalue weighted by molar-refractivity contribution is 0.477. The largest absolute Gasteiger partial charge is 0.324 e. The van der Waals surface area contributed by atoms with Gasteiger partial charge in [0.05, 0.1) is 21.2 Å². The summed E-state index contributed by atoms with van der Waals surface area (Å²) in [5, 5.41) is 6.18. The van der Waals surface area contributed by atoms with Gasteiger partial charge < -0.3 is 21.3 Å². The predicted octanol–water partition coefficient (Wildman–Crippen LogP) is 4.79. The van der Waals surface area contributed by atoms with E-state index in [9.17, 15) is 104 Å². The van der Waals surface area contributed by atoms with Crippen LogP contribution in [0.4, 0.5) is 46.5 Å². The second kappa shape index (κ2) is 21.9. The summed E-state index contributed by atoms with van der Waals surface area (Å²) < 4.78 is 277. The van der Waals surface area contributed by atoms with Crippen LogP contribution in [0.1, 0.15) is 11.1 Å². The van der Waals surface area contributed by atoms with Crippen LogP contribution in [0.25, 0.3) is 33.7 Å². The molecule has 0 bridgehead atoms. The van der Waals surface area contributed by atoms with Crippen molar-refractivity contribution in [2.45, 2.75) is 39.2 Å². The summed E-state index contributed by atoms with van der Waals surface area (Å²) in [5.41, 5.74) is -2.61. The summed E-state index contributed by atoms with van der Waals surface area (Å²) in [6.07, 6.45) is 1.95. The van der Waals surface area contributed by atoms with Gasteiger partial charge in [0, 0.05) is 22.1 Å². The lowest BCUT2D eigenvalue weighted by Crippen LogP contribution is -2.09. The number of hydrogen-bond acceptors (Lipinski definition) is 26. The first-order valence-corrected chi connectivity index (χ1v) is 33.6. The molecule has 34 nitrogen and oxygen atoms in total. The highest BCUT2D eigenvalue weighted by Crippen LogP contribution is 2.38. The van der Waals surface area contributed by atoms with Crippen molar-refractivity contribution < 1.29 is 104 Å². The molecule has 0 aliphatic heterocycles. The molecular formula is C40H28Cl2N10O24S8. The summed E-state index contributed by atoms with van der Waals surface area (Å²) in [5.74, 6) is -2.46. The molecule has 0 radical (unpaired) electrons. The molecule has 12 N–H and O–H groups in total. The molecular weight excluding hydrogens is 1330 g/mol. The molecule has 0 unspecified atom stereocenters. The molecule has 0 fully saturated rings. The van der Waals surface area contributed by atoms with Crippen molar-refractivity contribution in [3.63, 3.8) is 0 Å². The molecule has 84 heavy (non-hydrogen) atoms. The number of nitrogens with one attached hydrogen (secondary N) is 4. The number of aromatic nitrogens is 6. The minimum atomic E-state index is -5.32.